The summed E-state index contributed by atoms with van der Waals surface area (Å²) in [4.78, 5) is 0. The average Bonchev–Trinajstić information content (AvgIpc) is 2.11. The van der Waals surface area contributed by atoms with Crippen molar-refractivity contribution in [3.63, 3.8) is 0 Å². The Labute approximate surface area is 81.9 Å². The molecule has 2 heteroatoms. The van der Waals surface area contributed by atoms with Crippen molar-refractivity contribution in [3.8, 4) is 6.07 Å². The predicted molar refractivity (Wildman–Crippen MR) is 54.4 cm³/mol. The van der Waals surface area contributed by atoms with Gasteiger partial charge in [0.05, 0.1) is 11.5 Å². The molecule has 0 bridgehead atoms. The Balaban J connectivity index is 3.22. The first-order chi connectivity index (χ1) is 6.12. The van der Waals surface area contributed by atoms with Crippen molar-refractivity contribution >= 4 is 0 Å². The molecule has 0 aromatic heterocycles. The zero-order valence-electron chi connectivity index (χ0n) is 9.10. The van der Waals surface area contributed by atoms with E-state index < -0.39 is 0 Å². The van der Waals surface area contributed by atoms with Crippen molar-refractivity contribution in [1.82, 2.24) is 0 Å². The van der Waals surface area contributed by atoms with E-state index in [-0.39, 0.29) is 5.41 Å². The molecule has 0 N–H and O–H groups in total. The summed E-state index contributed by atoms with van der Waals surface area (Å²) in [6, 6.07) is 2.29. The van der Waals surface area contributed by atoms with E-state index in [1.807, 2.05) is 13.8 Å². The minimum absolute atomic E-state index is 0.186. The van der Waals surface area contributed by atoms with Gasteiger partial charge in [-0.25, -0.2) is 0 Å². The van der Waals surface area contributed by atoms with Crippen LogP contribution in [0.1, 0.15) is 46.5 Å². The molecule has 0 saturated carbocycles. The Kier molecular flexibility index (Phi) is 6.62. The molecule has 76 valence electrons. The zero-order valence-corrected chi connectivity index (χ0v) is 9.10. The molecule has 0 radical (unpaired) electrons. The van der Waals surface area contributed by atoms with Gasteiger partial charge in [-0.15, -0.1) is 0 Å². The van der Waals surface area contributed by atoms with E-state index >= 15 is 0 Å². The maximum Gasteiger partial charge on any atom is 0.0683 e. The van der Waals surface area contributed by atoms with Crippen molar-refractivity contribution in [2.75, 3.05) is 13.2 Å². The van der Waals surface area contributed by atoms with Gasteiger partial charge in [-0.1, -0.05) is 13.3 Å². The van der Waals surface area contributed by atoms with Crippen molar-refractivity contribution in [2.45, 2.75) is 46.5 Å². The highest BCUT2D eigenvalue weighted by atomic mass is 16.5. The third kappa shape index (κ3) is 7.80. The highest BCUT2D eigenvalue weighted by molar-refractivity contribution is 4.91. The average molecular weight is 183 g/mol. The Hall–Kier alpha value is -0.550. The highest BCUT2D eigenvalue weighted by Crippen LogP contribution is 2.20. The van der Waals surface area contributed by atoms with Crippen molar-refractivity contribution in [1.29, 1.82) is 5.26 Å². The van der Waals surface area contributed by atoms with Crippen molar-refractivity contribution in [3.05, 3.63) is 0 Å². The third-order valence-corrected chi connectivity index (χ3v) is 2.04. The van der Waals surface area contributed by atoms with Gasteiger partial charge in [0.1, 0.15) is 0 Å². The lowest BCUT2D eigenvalue weighted by Gasteiger charge is -2.14. The lowest BCUT2D eigenvalue weighted by atomic mass is 9.90. The minimum Gasteiger partial charge on any atom is -0.381 e. The smallest absolute Gasteiger partial charge is 0.0683 e. The number of ether oxygens (including phenoxy) is 1. The first-order valence-electron chi connectivity index (χ1n) is 5.11. The summed E-state index contributed by atoms with van der Waals surface area (Å²) < 4.78 is 5.40. The van der Waals surface area contributed by atoms with Crippen LogP contribution >= 0.6 is 0 Å². The van der Waals surface area contributed by atoms with Crippen LogP contribution in [0.3, 0.4) is 0 Å². The van der Waals surface area contributed by atoms with Crippen molar-refractivity contribution < 1.29 is 4.74 Å². The van der Waals surface area contributed by atoms with Gasteiger partial charge in [-0.2, -0.15) is 5.26 Å². The number of nitrogens with zero attached hydrogens (tertiary/aromatic N) is 1. The molecule has 0 aromatic carbocycles. The molecule has 0 fully saturated rings. The highest BCUT2D eigenvalue weighted by Gasteiger charge is 2.15. The number of unbranched alkanes of at least 4 members (excludes halogenated alkanes) is 1. The Morgan fingerprint density at radius 1 is 1.23 bits per heavy atom. The molecule has 0 spiro atoms. The molecule has 0 amide bonds. The van der Waals surface area contributed by atoms with Crippen LogP contribution in [-0.4, -0.2) is 13.2 Å². The molecule has 0 heterocycles. The van der Waals surface area contributed by atoms with Gasteiger partial charge in [0.15, 0.2) is 0 Å². The van der Waals surface area contributed by atoms with Gasteiger partial charge >= 0.3 is 0 Å². The second kappa shape index (κ2) is 6.91. The molecule has 0 atom stereocenters. The quantitative estimate of drug-likeness (QED) is 0.568. The molecule has 0 aliphatic carbocycles. The molecule has 13 heavy (non-hydrogen) atoms. The second-order valence-electron chi connectivity index (χ2n) is 4.07. The molecular formula is C11H21NO. The first-order valence-corrected chi connectivity index (χ1v) is 5.11. The van der Waals surface area contributed by atoms with E-state index in [0.717, 1.165) is 32.5 Å². The summed E-state index contributed by atoms with van der Waals surface area (Å²) in [6.07, 6.45) is 4.24. The van der Waals surface area contributed by atoms with E-state index in [1.165, 1.54) is 6.42 Å². The van der Waals surface area contributed by atoms with Crippen LogP contribution in [0.5, 0.6) is 0 Å². The van der Waals surface area contributed by atoms with E-state index in [9.17, 15) is 0 Å². The van der Waals surface area contributed by atoms with E-state index in [1.54, 1.807) is 0 Å². The predicted octanol–water partition coefficient (Wildman–Crippen LogP) is 3.13. The van der Waals surface area contributed by atoms with Crippen LogP contribution in [-0.2, 0) is 4.74 Å². The third-order valence-electron chi connectivity index (χ3n) is 2.04. The summed E-state index contributed by atoms with van der Waals surface area (Å²) in [6.45, 7) is 7.76. The van der Waals surface area contributed by atoms with E-state index in [0.29, 0.717) is 0 Å². The largest absolute Gasteiger partial charge is 0.381 e. The van der Waals surface area contributed by atoms with Crippen LogP contribution in [0.2, 0.25) is 0 Å². The molecule has 0 aliphatic heterocycles. The maximum absolute atomic E-state index is 8.74. The SMILES string of the molecule is CCCCOCCCC(C)(C)C#N. The Morgan fingerprint density at radius 2 is 1.85 bits per heavy atom. The molecule has 0 unspecified atom stereocenters. The number of rotatable bonds is 7. The maximum atomic E-state index is 8.74. The van der Waals surface area contributed by atoms with Crippen LogP contribution in [0.4, 0.5) is 0 Å². The molecule has 0 rings (SSSR count). The first kappa shape index (κ1) is 12.4. The fourth-order valence-electron chi connectivity index (χ4n) is 1.02. The summed E-state index contributed by atoms with van der Waals surface area (Å²) in [5.41, 5.74) is -0.186. The monoisotopic (exact) mass is 183 g/mol. The molecule has 0 saturated heterocycles. The number of hydrogen-bond donors (Lipinski definition) is 0. The van der Waals surface area contributed by atoms with Crippen LogP contribution in [0.15, 0.2) is 0 Å². The standard InChI is InChI=1S/C11H21NO/c1-4-5-8-13-9-6-7-11(2,3)10-12/h4-9H2,1-3H3. The number of nitriles is 1. The van der Waals surface area contributed by atoms with E-state index in [4.69, 9.17) is 10.00 Å². The van der Waals surface area contributed by atoms with Gasteiger partial charge in [0.25, 0.3) is 0 Å². The van der Waals surface area contributed by atoms with Gasteiger partial charge in [0, 0.05) is 13.2 Å². The van der Waals surface area contributed by atoms with Crippen LogP contribution < -0.4 is 0 Å². The van der Waals surface area contributed by atoms with E-state index in [2.05, 4.69) is 13.0 Å². The molecule has 0 aromatic rings. The van der Waals surface area contributed by atoms with Gasteiger partial charge < -0.3 is 4.74 Å². The lowest BCUT2D eigenvalue weighted by Crippen LogP contribution is -2.09. The zero-order chi connectivity index (χ0) is 10.2. The second-order valence-corrected chi connectivity index (χ2v) is 4.07. The summed E-state index contributed by atoms with van der Waals surface area (Å²) in [5, 5.41) is 8.74. The van der Waals surface area contributed by atoms with Gasteiger partial charge in [-0.3, -0.25) is 0 Å². The molecule has 2 nitrogen and oxygen atoms in total. The topological polar surface area (TPSA) is 33.0 Å². The van der Waals surface area contributed by atoms with Crippen LogP contribution in [0, 0.1) is 16.7 Å². The lowest BCUT2D eigenvalue weighted by molar-refractivity contribution is 0.122. The van der Waals surface area contributed by atoms with Crippen molar-refractivity contribution in [2.24, 2.45) is 5.41 Å². The minimum atomic E-state index is -0.186. The number of hydrogen-bond acceptors (Lipinski definition) is 2. The summed E-state index contributed by atoms with van der Waals surface area (Å²) >= 11 is 0. The van der Waals surface area contributed by atoms with Crippen LogP contribution in [0.25, 0.3) is 0 Å². The Bertz CT molecular complexity index is 158. The Morgan fingerprint density at radius 3 is 2.38 bits per heavy atom. The summed E-state index contributed by atoms with van der Waals surface area (Å²) in [5.74, 6) is 0. The summed E-state index contributed by atoms with van der Waals surface area (Å²) in [7, 11) is 0. The molecule has 0 aliphatic rings. The fraction of sp³-hybridized carbons (Fsp3) is 0.909. The van der Waals surface area contributed by atoms with Gasteiger partial charge in [0.2, 0.25) is 0 Å². The molecular weight excluding hydrogens is 162 g/mol. The van der Waals surface area contributed by atoms with Gasteiger partial charge in [-0.05, 0) is 33.1 Å². The normalized spacial score (nSPS) is 11.2. The fourth-order valence-corrected chi connectivity index (χ4v) is 1.02.